The number of carbonyl (C=O) groups excluding carboxylic acids is 1. The fraction of sp³-hybridized carbons (Fsp3) is 0.188. The van der Waals surface area contributed by atoms with E-state index in [4.69, 9.17) is 0 Å². The zero-order chi connectivity index (χ0) is 16.1. The summed E-state index contributed by atoms with van der Waals surface area (Å²) in [5.74, 6) is -1.82. The van der Waals surface area contributed by atoms with Crippen LogP contribution in [0.3, 0.4) is 0 Å². The second-order valence-corrected chi connectivity index (χ2v) is 5.76. The van der Waals surface area contributed by atoms with Crippen molar-refractivity contribution in [2.45, 2.75) is 11.4 Å². The number of rotatable bonds is 5. The molecule has 0 saturated carbocycles. The maximum atomic E-state index is 13.5. The van der Waals surface area contributed by atoms with Crippen molar-refractivity contribution in [2.24, 2.45) is 0 Å². The maximum Gasteiger partial charge on any atom is 0.232 e. The van der Waals surface area contributed by atoms with Crippen LogP contribution in [0.4, 0.5) is 13.2 Å². The smallest absolute Gasteiger partial charge is 0.232 e. The van der Waals surface area contributed by atoms with Crippen molar-refractivity contribution in [3.05, 3.63) is 65.5 Å². The Morgan fingerprint density at radius 2 is 1.68 bits per heavy atom. The van der Waals surface area contributed by atoms with Gasteiger partial charge in [-0.25, -0.2) is 13.2 Å². The summed E-state index contributed by atoms with van der Waals surface area (Å²) in [7, 11) is 1.62. The lowest BCUT2D eigenvalue weighted by molar-refractivity contribution is -0.127. The maximum absolute atomic E-state index is 13.5. The predicted molar refractivity (Wildman–Crippen MR) is 80.0 cm³/mol. The quantitative estimate of drug-likeness (QED) is 0.778. The third-order valence-corrected chi connectivity index (χ3v) is 4.04. The van der Waals surface area contributed by atoms with Crippen LogP contribution in [0.1, 0.15) is 5.56 Å². The van der Waals surface area contributed by atoms with Crippen molar-refractivity contribution in [1.82, 2.24) is 4.90 Å². The highest BCUT2D eigenvalue weighted by molar-refractivity contribution is 8.00. The third-order valence-electron chi connectivity index (χ3n) is 3.00. The lowest BCUT2D eigenvalue weighted by Crippen LogP contribution is -2.27. The van der Waals surface area contributed by atoms with Gasteiger partial charge in [0.1, 0.15) is 17.5 Å². The number of benzene rings is 2. The predicted octanol–water partition coefficient (Wildman–Crippen LogP) is 3.85. The summed E-state index contributed by atoms with van der Waals surface area (Å²) < 4.78 is 39.1. The molecule has 2 aromatic rings. The van der Waals surface area contributed by atoms with Crippen molar-refractivity contribution in [1.29, 1.82) is 0 Å². The van der Waals surface area contributed by atoms with Crippen molar-refractivity contribution < 1.29 is 18.0 Å². The first-order valence-corrected chi connectivity index (χ1v) is 7.50. The van der Waals surface area contributed by atoms with Gasteiger partial charge in [-0.15, -0.1) is 11.8 Å². The van der Waals surface area contributed by atoms with Crippen LogP contribution in [0.5, 0.6) is 0 Å². The highest BCUT2D eigenvalue weighted by atomic mass is 32.2. The zero-order valence-corrected chi connectivity index (χ0v) is 12.7. The van der Waals surface area contributed by atoms with Gasteiger partial charge >= 0.3 is 0 Å². The van der Waals surface area contributed by atoms with Crippen molar-refractivity contribution in [3.8, 4) is 0 Å². The van der Waals surface area contributed by atoms with Crippen LogP contribution in [-0.2, 0) is 11.3 Å². The SMILES string of the molecule is CN(Cc1ccc(F)cc1)C(=O)CSc1ccc(F)cc1F. The minimum absolute atomic E-state index is 0.0419. The van der Waals surface area contributed by atoms with Crippen LogP contribution in [0.25, 0.3) is 0 Å². The van der Waals surface area contributed by atoms with Gasteiger partial charge in [-0.05, 0) is 29.8 Å². The minimum atomic E-state index is -0.681. The molecule has 0 radical (unpaired) electrons. The van der Waals surface area contributed by atoms with E-state index in [9.17, 15) is 18.0 Å². The molecule has 0 aliphatic carbocycles. The Morgan fingerprint density at radius 1 is 1.05 bits per heavy atom. The molecule has 1 amide bonds. The highest BCUT2D eigenvalue weighted by Crippen LogP contribution is 2.22. The molecule has 0 atom stereocenters. The molecular weight excluding hydrogens is 311 g/mol. The molecule has 0 bridgehead atoms. The molecular formula is C16H14F3NOS. The minimum Gasteiger partial charge on any atom is -0.341 e. The molecule has 22 heavy (non-hydrogen) atoms. The van der Waals surface area contributed by atoms with Gasteiger partial charge in [0.15, 0.2) is 0 Å². The summed E-state index contributed by atoms with van der Waals surface area (Å²) in [6.07, 6.45) is 0. The normalized spacial score (nSPS) is 10.5. The first-order chi connectivity index (χ1) is 10.5. The fourth-order valence-electron chi connectivity index (χ4n) is 1.79. The van der Waals surface area contributed by atoms with Crippen LogP contribution >= 0.6 is 11.8 Å². The van der Waals surface area contributed by atoms with E-state index < -0.39 is 11.6 Å². The van der Waals surface area contributed by atoms with Crippen molar-refractivity contribution >= 4 is 17.7 Å². The molecule has 0 fully saturated rings. The molecule has 0 aliphatic heterocycles. The second-order valence-electron chi connectivity index (χ2n) is 4.74. The van der Waals surface area contributed by atoms with Crippen LogP contribution < -0.4 is 0 Å². The number of carbonyl (C=O) groups is 1. The van der Waals surface area contributed by atoms with E-state index in [0.717, 1.165) is 29.5 Å². The first kappa shape index (κ1) is 16.4. The lowest BCUT2D eigenvalue weighted by atomic mass is 10.2. The first-order valence-electron chi connectivity index (χ1n) is 6.52. The second kappa shape index (κ2) is 7.35. The summed E-state index contributed by atoms with van der Waals surface area (Å²) in [5, 5.41) is 0. The Bertz CT molecular complexity index is 661. The molecule has 2 aromatic carbocycles. The molecule has 0 heterocycles. The van der Waals surface area contributed by atoms with Crippen molar-refractivity contribution in [3.63, 3.8) is 0 Å². The van der Waals surface area contributed by atoms with Gasteiger partial charge < -0.3 is 4.90 Å². The van der Waals surface area contributed by atoms with Gasteiger partial charge in [-0.3, -0.25) is 4.79 Å². The van der Waals surface area contributed by atoms with Crippen molar-refractivity contribution in [2.75, 3.05) is 12.8 Å². The Kier molecular flexibility index (Phi) is 5.49. The average molecular weight is 325 g/mol. The number of hydrogen-bond donors (Lipinski definition) is 0. The molecule has 2 nitrogen and oxygen atoms in total. The summed E-state index contributed by atoms with van der Waals surface area (Å²) in [4.78, 5) is 13.7. The van der Waals surface area contributed by atoms with Crippen LogP contribution in [0, 0.1) is 17.5 Å². The van der Waals surface area contributed by atoms with E-state index in [2.05, 4.69) is 0 Å². The third kappa shape index (κ3) is 4.53. The molecule has 0 spiro atoms. The van der Waals surface area contributed by atoms with Gasteiger partial charge in [-0.1, -0.05) is 12.1 Å². The Labute approximate surface area is 130 Å². The van der Waals surface area contributed by atoms with Gasteiger partial charge in [0, 0.05) is 24.6 Å². The molecule has 0 N–H and O–H groups in total. The summed E-state index contributed by atoms with van der Waals surface area (Å²) in [6, 6.07) is 9.11. The van der Waals surface area contributed by atoms with E-state index in [0.29, 0.717) is 6.54 Å². The number of thioether (sulfide) groups is 1. The monoisotopic (exact) mass is 325 g/mol. The summed E-state index contributed by atoms with van der Waals surface area (Å²) in [5.41, 5.74) is 0.801. The molecule has 0 saturated heterocycles. The number of hydrogen-bond acceptors (Lipinski definition) is 2. The molecule has 0 aromatic heterocycles. The van der Waals surface area contributed by atoms with Gasteiger partial charge in [0.2, 0.25) is 5.91 Å². The van der Waals surface area contributed by atoms with E-state index in [1.807, 2.05) is 0 Å². The van der Waals surface area contributed by atoms with Gasteiger partial charge in [0.25, 0.3) is 0 Å². The fourth-order valence-corrected chi connectivity index (χ4v) is 2.65. The highest BCUT2D eigenvalue weighted by Gasteiger charge is 2.12. The summed E-state index contributed by atoms with van der Waals surface area (Å²) >= 11 is 1.01. The molecule has 6 heteroatoms. The van der Waals surface area contributed by atoms with Crippen LogP contribution in [-0.4, -0.2) is 23.6 Å². The Morgan fingerprint density at radius 3 is 2.32 bits per heavy atom. The van der Waals surface area contributed by atoms with E-state index in [-0.39, 0.29) is 22.4 Å². The Balaban J connectivity index is 1.89. The molecule has 2 rings (SSSR count). The van der Waals surface area contributed by atoms with Gasteiger partial charge in [-0.2, -0.15) is 0 Å². The largest absolute Gasteiger partial charge is 0.341 e. The van der Waals surface area contributed by atoms with Gasteiger partial charge in [0.05, 0.1) is 5.75 Å². The zero-order valence-electron chi connectivity index (χ0n) is 11.9. The Hall–Kier alpha value is -1.95. The number of halogens is 3. The summed E-state index contributed by atoms with van der Waals surface area (Å²) in [6.45, 7) is 0.339. The lowest BCUT2D eigenvalue weighted by Gasteiger charge is -2.17. The van der Waals surface area contributed by atoms with E-state index >= 15 is 0 Å². The van der Waals surface area contributed by atoms with E-state index in [1.165, 1.54) is 23.1 Å². The molecule has 0 aliphatic rings. The standard InChI is InChI=1S/C16H14F3NOS/c1-20(9-11-2-4-12(17)5-3-11)16(21)10-22-15-7-6-13(18)8-14(15)19/h2-8H,9-10H2,1H3. The van der Waals surface area contributed by atoms with Crippen LogP contribution in [0.2, 0.25) is 0 Å². The average Bonchev–Trinajstić information content (AvgIpc) is 2.48. The molecule has 116 valence electrons. The van der Waals surface area contributed by atoms with Crippen LogP contribution in [0.15, 0.2) is 47.4 Å². The molecule has 0 unspecified atom stereocenters. The number of amides is 1. The topological polar surface area (TPSA) is 20.3 Å². The number of nitrogens with zero attached hydrogens (tertiary/aromatic N) is 1. The van der Waals surface area contributed by atoms with E-state index in [1.54, 1.807) is 19.2 Å².